The molecule has 3 aromatic rings. The molecular formula is C15H17F2N5O2S. The van der Waals surface area contributed by atoms with Gasteiger partial charge in [0, 0.05) is 6.54 Å². The molecule has 0 atom stereocenters. The van der Waals surface area contributed by atoms with Gasteiger partial charge in [0.05, 0.1) is 29.5 Å². The van der Waals surface area contributed by atoms with Gasteiger partial charge >= 0.3 is 6.55 Å². The number of sulfonamides is 1. The highest BCUT2D eigenvalue weighted by molar-refractivity contribution is 7.89. The van der Waals surface area contributed by atoms with Gasteiger partial charge in [-0.3, -0.25) is 0 Å². The van der Waals surface area contributed by atoms with Gasteiger partial charge in [0.1, 0.15) is 10.7 Å². The van der Waals surface area contributed by atoms with Gasteiger partial charge in [-0.1, -0.05) is 12.1 Å². The van der Waals surface area contributed by atoms with Crippen LogP contribution in [0.4, 0.5) is 8.78 Å². The van der Waals surface area contributed by atoms with Crippen molar-refractivity contribution in [2.75, 3.05) is 0 Å². The molecule has 7 nitrogen and oxygen atoms in total. The van der Waals surface area contributed by atoms with Crippen molar-refractivity contribution in [1.29, 1.82) is 0 Å². The average Bonchev–Trinajstić information content (AvgIpc) is 3.13. The van der Waals surface area contributed by atoms with Crippen molar-refractivity contribution >= 4 is 21.1 Å². The molecule has 25 heavy (non-hydrogen) atoms. The number of nitrogens with one attached hydrogen (secondary N) is 1. The molecule has 10 heteroatoms. The summed E-state index contributed by atoms with van der Waals surface area (Å²) in [6.07, 6.45) is 0.923. The summed E-state index contributed by atoms with van der Waals surface area (Å²) in [5, 5.41) is 3.43. The van der Waals surface area contributed by atoms with E-state index in [1.54, 1.807) is 0 Å². The van der Waals surface area contributed by atoms with Gasteiger partial charge in [-0.05, 0) is 26.0 Å². The Labute approximate surface area is 143 Å². The Morgan fingerprint density at radius 2 is 2.00 bits per heavy atom. The van der Waals surface area contributed by atoms with Gasteiger partial charge < -0.3 is 4.57 Å². The maximum Gasteiger partial charge on any atom is 0.333 e. The van der Waals surface area contributed by atoms with Gasteiger partial charge in [0.2, 0.25) is 10.0 Å². The number of hydrogen-bond donors (Lipinski definition) is 1. The summed E-state index contributed by atoms with van der Waals surface area (Å²) in [7, 11) is -3.98. The first-order chi connectivity index (χ1) is 11.8. The normalized spacial score (nSPS) is 12.4. The van der Waals surface area contributed by atoms with E-state index in [-0.39, 0.29) is 17.1 Å². The summed E-state index contributed by atoms with van der Waals surface area (Å²) in [6.45, 7) is 0.899. The molecule has 1 N–H and O–H groups in total. The maximum atomic E-state index is 12.8. The fourth-order valence-electron chi connectivity index (χ4n) is 2.72. The Morgan fingerprint density at radius 1 is 1.28 bits per heavy atom. The third-order valence-corrected chi connectivity index (χ3v) is 5.45. The zero-order valence-corrected chi connectivity index (χ0v) is 14.5. The number of fused-ring (bicyclic) bond motifs is 1. The first-order valence-electron chi connectivity index (χ1n) is 7.61. The van der Waals surface area contributed by atoms with E-state index >= 15 is 0 Å². The molecule has 0 aliphatic heterocycles. The number of benzene rings is 1. The maximum absolute atomic E-state index is 12.8. The lowest BCUT2D eigenvalue weighted by Crippen LogP contribution is -2.25. The molecule has 0 bridgehead atoms. The summed E-state index contributed by atoms with van der Waals surface area (Å²) in [6, 6.07) is 7.48. The standard InChI is InChI=1S/C15H17F2N5O2S/c1-3-21-12-7-5-4-6-11(12)20-14(21)9-19-25(23,24)13-8-18-22(10(13)2)15(16)17/h4-8,15,19H,3,9H2,1-2H3. The third kappa shape index (κ3) is 3.14. The van der Waals surface area contributed by atoms with Gasteiger partial charge in [-0.15, -0.1) is 0 Å². The Bertz CT molecular complexity index is 1010. The van der Waals surface area contributed by atoms with E-state index < -0.39 is 16.6 Å². The van der Waals surface area contributed by atoms with Crippen LogP contribution in [0.1, 0.15) is 25.0 Å². The molecule has 0 amide bonds. The fraction of sp³-hybridized carbons (Fsp3) is 0.333. The molecule has 134 valence electrons. The van der Waals surface area contributed by atoms with Crippen molar-refractivity contribution in [3.8, 4) is 0 Å². The van der Waals surface area contributed by atoms with Crippen molar-refractivity contribution < 1.29 is 17.2 Å². The second kappa shape index (κ2) is 6.52. The smallest absolute Gasteiger partial charge is 0.327 e. The number of para-hydroxylation sites is 2. The van der Waals surface area contributed by atoms with E-state index in [9.17, 15) is 17.2 Å². The molecule has 0 unspecified atom stereocenters. The highest BCUT2D eigenvalue weighted by atomic mass is 32.2. The molecule has 0 saturated heterocycles. The van der Waals surface area contributed by atoms with E-state index in [0.29, 0.717) is 17.1 Å². The monoisotopic (exact) mass is 369 g/mol. The first-order valence-corrected chi connectivity index (χ1v) is 9.09. The Hall–Kier alpha value is -2.33. The van der Waals surface area contributed by atoms with Crippen LogP contribution < -0.4 is 4.72 Å². The second-order valence-electron chi connectivity index (χ2n) is 5.40. The minimum Gasteiger partial charge on any atom is -0.327 e. The molecule has 2 aromatic heterocycles. The number of imidazole rings is 1. The molecule has 0 saturated carbocycles. The highest BCUT2D eigenvalue weighted by Gasteiger charge is 2.24. The van der Waals surface area contributed by atoms with Gasteiger partial charge in [-0.2, -0.15) is 13.9 Å². The Kier molecular flexibility index (Phi) is 4.56. The molecule has 1 aromatic carbocycles. The second-order valence-corrected chi connectivity index (χ2v) is 7.14. The minimum atomic E-state index is -3.98. The van der Waals surface area contributed by atoms with Crippen molar-refractivity contribution in [3.63, 3.8) is 0 Å². The molecule has 0 aliphatic rings. The lowest BCUT2D eigenvalue weighted by molar-refractivity contribution is 0.0541. The SMILES string of the molecule is CCn1c(CNS(=O)(=O)c2cnn(C(F)F)c2C)nc2ccccc21. The summed E-state index contributed by atoms with van der Waals surface area (Å²) >= 11 is 0. The Balaban J connectivity index is 1.88. The minimum absolute atomic E-state index is 0.0514. The van der Waals surface area contributed by atoms with Crippen molar-refractivity contribution in [2.45, 2.75) is 38.4 Å². The first kappa shape index (κ1) is 17.5. The molecule has 0 spiro atoms. The van der Waals surface area contributed by atoms with Crippen LogP contribution in [0.15, 0.2) is 35.4 Å². The quantitative estimate of drug-likeness (QED) is 0.724. The van der Waals surface area contributed by atoms with Crippen LogP contribution >= 0.6 is 0 Å². The number of rotatable bonds is 6. The van der Waals surface area contributed by atoms with Crippen LogP contribution in [0.2, 0.25) is 0 Å². The van der Waals surface area contributed by atoms with Crippen LogP contribution in [0.3, 0.4) is 0 Å². The van der Waals surface area contributed by atoms with Crippen LogP contribution in [-0.4, -0.2) is 27.7 Å². The molecular weight excluding hydrogens is 352 g/mol. The third-order valence-electron chi connectivity index (χ3n) is 3.94. The number of aryl methyl sites for hydroxylation is 1. The van der Waals surface area contributed by atoms with E-state index in [2.05, 4.69) is 14.8 Å². The topological polar surface area (TPSA) is 81.8 Å². The zero-order valence-electron chi connectivity index (χ0n) is 13.6. The molecule has 3 rings (SSSR count). The molecule has 2 heterocycles. The lowest BCUT2D eigenvalue weighted by Gasteiger charge is -2.09. The van der Waals surface area contributed by atoms with Crippen molar-refractivity contribution in [2.24, 2.45) is 0 Å². The van der Waals surface area contributed by atoms with Crippen LogP contribution in [0, 0.1) is 6.92 Å². The molecule has 0 aliphatic carbocycles. The van der Waals surface area contributed by atoms with Gasteiger partial charge in [0.25, 0.3) is 0 Å². The predicted octanol–water partition coefficient (Wildman–Crippen LogP) is 2.43. The summed E-state index contributed by atoms with van der Waals surface area (Å²) in [5.74, 6) is 0.547. The highest BCUT2D eigenvalue weighted by Crippen LogP contribution is 2.20. The number of nitrogens with zero attached hydrogens (tertiary/aromatic N) is 4. The van der Waals surface area contributed by atoms with E-state index in [4.69, 9.17) is 0 Å². The van der Waals surface area contributed by atoms with E-state index in [1.807, 2.05) is 35.8 Å². The Morgan fingerprint density at radius 3 is 2.64 bits per heavy atom. The van der Waals surface area contributed by atoms with Crippen LogP contribution in [0.25, 0.3) is 11.0 Å². The fourth-order valence-corrected chi connectivity index (χ4v) is 3.86. The van der Waals surface area contributed by atoms with Crippen molar-refractivity contribution in [3.05, 3.63) is 42.0 Å². The lowest BCUT2D eigenvalue weighted by atomic mass is 10.3. The number of alkyl halides is 2. The zero-order chi connectivity index (χ0) is 18.2. The number of hydrogen-bond acceptors (Lipinski definition) is 4. The largest absolute Gasteiger partial charge is 0.333 e. The van der Waals surface area contributed by atoms with Gasteiger partial charge in [-0.25, -0.2) is 22.8 Å². The molecule has 0 radical (unpaired) electrons. The van der Waals surface area contributed by atoms with E-state index in [1.165, 1.54) is 6.92 Å². The van der Waals surface area contributed by atoms with Crippen molar-refractivity contribution in [1.82, 2.24) is 24.1 Å². The van der Waals surface area contributed by atoms with Gasteiger partial charge in [0.15, 0.2) is 0 Å². The van der Waals surface area contributed by atoms with E-state index in [0.717, 1.165) is 17.2 Å². The van der Waals surface area contributed by atoms with Crippen LogP contribution in [0.5, 0.6) is 0 Å². The average molecular weight is 369 g/mol. The van der Waals surface area contributed by atoms with Crippen LogP contribution in [-0.2, 0) is 23.1 Å². The number of aromatic nitrogens is 4. The summed E-state index contributed by atoms with van der Waals surface area (Å²) < 4.78 is 55.1. The predicted molar refractivity (Wildman–Crippen MR) is 87.6 cm³/mol. The number of halogens is 2. The summed E-state index contributed by atoms with van der Waals surface area (Å²) in [5.41, 5.74) is 1.55. The molecule has 0 fully saturated rings. The summed E-state index contributed by atoms with van der Waals surface area (Å²) in [4.78, 5) is 4.16.